The highest BCUT2D eigenvalue weighted by Crippen LogP contribution is 2.37. The van der Waals surface area contributed by atoms with E-state index in [0.717, 1.165) is 0 Å². The molecule has 3 rings (SSSR count). The summed E-state index contributed by atoms with van der Waals surface area (Å²) >= 11 is 0. The molecule has 0 radical (unpaired) electrons. The van der Waals surface area contributed by atoms with Gasteiger partial charge in [-0.1, -0.05) is 0 Å². The van der Waals surface area contributed by atoms with Crippen LogP contribution in [0.1, 0.15) is 0 Å². The van der Waals surface area contributed by atoms with Crippen molar-refractivity contribution in [2.75, 3.05) is 6.61 Å². The van der Waals surface area contributed by atoms with Crippen molar-refractivity contribution in [3.63, 3.8) is 0 Å². The number of phenols is 1. The molecule has 0 amide bonds. The molecule has 1 aromatic rings. The lowest BCUT2D eigenvalue weighted by atomic mass is 10.0. The van der Waals surface area contributed by atoms with Crippen LogP contribution in [0.5, 0.6) is 11.5 Å². The molecule has 1 aromatic carbocycles. The monoisotopic (exact) mass is 254 g/mol. The molecule has 98 valence electrons. The predicted octanol–water partition coefficient (Wildman–Crippen LogP) is -0.384. The Morgan fingerprint density at radius 3 is 2.56 bits per heavy atom. The molecule has 2 aliphatic rings. The van der Waals surface area contributed by atoms with Gasteiger partial charge in [-0.15, -0.1) is 0 Å². The molecule has 5 atom stereocenters. The Bertz CT molecular complexity index is 419. The molecule has 2 heterocycles. The predicted molar refractivity (Wildman–Crippen MR) is 59.1 cm³/mol. The highest BCUT2D eigenvalue weighted by Gasteiger charge is 2.57. The summed E-state index contributed by atoms with van der Waals surface area (Å²) < 4.78 is 16.1. The van der Waals surface area contributed by atoms with E-state index >= 15 is 0 Å². The summed E-state index contributed by atoms with van der Waals surface area (Å²) in [6.45, 7) is -0.289. The van der Waals surface area contributed by atoms with E-state index in [1.165, 1.54) is 12.1 Å². The van der Waals surface area contributed by atoms with Gasteiger partial charge in [0.25, 0.3) is 0 Å². The number of benzene rings is 1. The number of epoxide rings is 1. The van der Waals surface area contributed by atoms with Gasteiger partial charge in [0.15, 0.2) is 18.5 Å². The summed E-state index contributed by atoms with van der Waals surface area (Å²) in [5, 5.41) is 28.3. The molecular weight excluding hydrogens is 240 g/mol. The Hall–Kier alpha value is -1.34. The van der Waals surface area contributed by atoms with Crippen LogP contribution in [0.25, 0.3) is 0 Å². The summed E-state index contributed by atoms with van der Waals surface area (Å²) in [6.07, 6.45) is -2.95. The fraction of sp³-hybridized carbons (Fsp3) is 0.500. The number of rotatable bonds is 3. The summed E-state index contributed by atoms with van der Waals surface area (Å²) in [5.74, 6) is 0.661. The first-order chi connectivity index (χ1) is 8.69. The molecule has 2 fully saturated rings. The van der Waals surface area contributed by atoms with E-state index in [-0.39, 0.29) is 18.5 Å². The van der Waals surface area contributed by atoms with Gasteiger partial charge in [-0.2, -0.15) is 0 Å². The normalized spacial score (nSPS) is 38.0. The van der Waals surface area contributed by atoms with Gasteiger partial charge in [0.05, 0.1) is 6.61 Å². The van der Waals surface area contributed by atoms with Gasteiger partial charge in [-0.3, -0.25) is 0 Å². The molecule has 3 unspecified atom stereocenters. The van der Waals surface area contributed by atoms with Crippen LogP contribution in [0.2, 0.25) is 0 Å². The van der Waals surface area contributed by atoms with E-state index in [0.29, 0.717) is 5.75 Å². The number of hydrogen-bond donors (Lipinski definition) is 3. The second-order valence-corrected chi connectivity index (χ2v) is 4.39. The molecule has 18 heavy (non-hydrogen) atoms. The van der Waals surface area contributed by atoms with E-state index in [9.17, 15) is 10.2 Å². The third kappa shape index (κ3) is 2.04. The summed E-state index contributed by atoms with van der Waals surface area (Å²) in [7, 11) is 0. The van der Waals surface area contributed by atoms with E-state index in [4.69, 9.17) is 19.3 Å². The molecule has 0 saturated carbocycles. The maximum atomic E-state index is 10.0. The van der Waals surface area contributed by atoms with Crippen LogP contribution in [-0.4, -0.2) is 52.6 Å². The summed E-state index contributed by atoms with van der Waals surface area (Å²) in [6, 6.07) is 6.19. The number of ether oxygens (including phenoxy) is 3. The van der Waals surface area contributed by atoms with Gasteiger partial charge in [0.2, 0.25) is 0 Å². The van der Waals surface area contributed by atoms with Crippen molar-refractivity contribution in [2.45, 2.75) is 30.7 Å². The van der Waals surface area contributed by atoms with Gasteiger partial charge in [0, 0.05) is 0 Å². The first-order valence-corrected chi connectivity index (χ1v) is 5.74. The molecule has 0 spiro atoms. The number of aliphatic hydroxyl groups excluding tert-OH is 2. The molecule has 0 bridgehead atoms. The first kappa shape index (κ1) is 11.7. The lowest BCUT2D eigenvalue weighted by molar-refractivity contribution is -0.138. The zero-order valence-corrected chi connectivity index (χ0v) is 9.47. The standard InChI is InChI=1S/C12H14O6/c13-5-8-9(15)10(11-12(17-8)18-11)16-7-3-1-6(14)2-4-7/h1-4,8-15H,5H2/t8?,9-,10?,11?,12+/m0/s1. The molecule has 3 N–H and O–H groups in total. The minimum Gasteiger partial charge on any atom is -0.508 e. The molecule has 2 saturated heterocycles. The van der Waals surface area contributed by atoms with Crippen molar-refractivity contribution in [2.24, 2.45) is 0 Å². The van der Waals surface area contributed by atoms with E-state index < -0.39 is 24.6 Å². The lowest BCUT2D eigenvalue weighted by Gasteiger charge is -2.31. The SMILES string of the molecule is OCC1O[C@@H]2OC2C(Oc2ccc(O)cc2)[C@H]1O. The quantitative estimate of drug-likeness (QED) is 0.637. The highest BCUT2D eigenvalue weighted by molar-refractivity contribution is 5.30. The van der Waals surface area contributed by atoms with E-state index in [1.807, 2.05) is 0 Å². The number of aliphatic hydroxyl groups is 2. The Labute approximate surface area is 103 Å². The Balaban J connectivity index is 1.73. The number of phenolic OH excluding ortho intramolecular Hbond substituents is 1. The number of fused-ring (bicyclic) bond motifs is 1. The Kier molecular flexibility index (Phi) is 2.87. The van der Waals surface area contributed by atoms with Gasteiger partial charge < -0.3 is 29.5 Å². The van der Waals surface area contributed by atoms with Crippen LogP contribution in [0, 0.1) is 0 Å². The minimum absolute atomic E-state index is 0.142. The third-order valence-electron chi connectivity index (χ3n) is 3.12. The van der Waals surface area contributed by atoms with Crippen LogP contribution in [0.4, 0.5) is 0 Å². The smallest absolute Gasteiger partial charge is 0.188 e. The van der Waals surface area contributed by atoms with Crippen LogP contribution < -0.4 is 4.74 Å². The first-order valence-electron chi connectivity index (χ1n) is 5.74. The number of hydrogen-bond acceptors (Lipinski definition) is 6. The maximum absolute atomic E-state index is 10.0. The fourth-order valence-corrected chi connectivity index (χ4v) is 2.08. The lowest BCUT2D eigenvalue weighted by Crippen LogP contribution is -2.51. The van der Waals surface area contributed by atoms with Crippen molar-refractivity contribution in [1.29, 1.82) is 0 Å². The molecule has 6 nitrogen and oxygen atoms in total. The molecule has 6 heteroatoms. The minimum atomic E-state index is -0.951. The fourth-order valence-electron chi connectivity index (χ4n) is 2.08. The molecular formula is C12H14O6. The van der Waals surface area contributed by atoms with E-state index in [1.54, 1.807) is 12.1 Å². The van der Waals surface area contributed by atoms with Gasteiger partial charge in [-0.05, 0) is 24.3 Å². The van der Waals surface area contributed by atoms with Crippen molar-refractivity contribution in [3.8, 4) is 11.5 Å². The van der Waals surface area contributed by atoms with Gasteiger partial charge >= 0.3 is 0 Å². The Morgan fingerprint density at radius 2 is 1.89 bits per heavy atom. The maximum Gasteiger partial charge on any atom is 0.188 e. The van der Waals surface area contributed by atoms with Crippen molar-refractivity contribution in [1.82, 2.24) is 0 Å². The van der Waals surface area contributed by atoms with Crippen molar-refractivity contribution >= 4 is 0 Å². The van der Waals surface area contributed by atoms with Crippen LogP contribution in [0.15, 0.2) is 24.3 Å². The van der Waals surface area contributed by atoms with Crippen LogP contribution in [0.3, 0.4) is 0 Å². The second-order valence-electron chi connectivity index (χ2n) is 4.39. The topological polar surface area (TPSA) is 91.7 Å². The number of aromatic hydroxyl groups is 1. The van der Waals surface area contributed by atoms with Gasteiger partial charge in [0.1, 0.15) is 23.7 Å². The molecule has 2 aliphatic heterocycles. The molecule has 0 aliphatic carbocycles. The van der Waals surface area contributed by atoms with Crippen molar-refractivity contribution in [3.05, 3.63) is 24.3 Å². The highest BCUT2D eigenvalue weighted by atomic mass is 16.8. The summed E-state index contributed by atoms with van der Waals surface area (Å²) in [5.41, 5.74) is 0. The largest absolute Gasteiger partial charge is 0.508 e. The van der Waals surface area contributed by atoms with E-state index in [2.05, 4.69) is 0 Å². The van der Waals surface area contributed by atoms with Crippen molar-refractivity contribution < 1.29 is 29.5 Å². The Morgan fingerprint density at radius 1 is 1.17 bits per heavy atom. The second kappa shape index (κ2) is 4.40. The van der Waals surface area contributed by atoms with Crippen LogP contribution in [-0.2, 0) is 9.47 Å². The average Bonchev–Trinajstić information content (AvgIpc) is 3.14. The molecule has 0 aromatic heterocycles. The summed E-state index contributed by atoms with van der Waals surface area (Å²) in [4.78, 5) is 0. The average molecular weight is 254 g/mol. The zero-order valence-electron chi connectivity index (χ0n) is 9.47. The zero-order chi connectivity index (χ0) is 12.7. The van der Waals surface area contributed by atoms with Crippen LogP contribution >= 0.6 is 0 Å². The third-order valence-corrected chi connectivity index (χ3v) is 3.12. The van der Waals surface area contributed by atoms with Gasteiger partial charge in [-0.25, -0.2) is 0 Å².